The number of fused-ring (bicyclic) bond motifs is 2. The number of likely N-dealkylation sites (N-methyl/N-ethyl adjacent to an activating group) is 1. The minimum absolute atomic E-state index is 0.211. The summed E-state index contributed by atoms with van der Waals surface area (Å²) >= 11 is 0. The molecular weight excluding hydrogens is 402 g/mol. The second-order valence-electron chi connectivity index (χ2n) is 9.01. The number of aryl methyl sites for hydroxylation is 1. The summed E-state index contributed by atoms with van der Waals surface area (Å²) in [5.74, 6) is 0.542. The number of carbonyl (C=O) groups is 1. The van der Waals surface area contributed by atoms with E-state index in [2.05, 4.69) is 45.9 Å². The monoisotopic (exact) mass is 433 g/mol. The molecule has 0 spiro atoms. The first kappa shape index (κ1) is 20.9. The van der Waals surface area contributed by atoms with Gasteiger partial charge in [0.2, 0.25) is 0 Å². The summed E-state index contributed by atoms with van der Waals surface area (Å²) in [4.78, 5) is 29.1. The maximum atomic E-state index is 12.6. The van der Waals surface area contributed by atoms with Gasteiger partial charge >= 0.3 is 0 Å². The molecule has 0 bridgehead atoms. The number of nitrogens with two attached hydrogens (primary N) is 1. The van der Waals surface area contributed by atoms with Crippen LogP contribution in [-0.4, -0.2) is 70.4 Å². The standard InChI is InChI=1S/C24H31N7O/c1-28-12-14-30(15-13-28)21-10-4-9-20-27-18(23(24(25)32)31(20)21)16-29(2)19-8-3-6-17-7-5-11-26-22(17)19/h4-5,7,9-11,19H,3,6,8,12-16H2,1-2H3,(H2,25,32)/t19-/m0/s1. The van der Waals surface area contributed by atoms with E-state index in [-0.39, 0.29) is 6.04 Å². The van der Waals surface area contributed by atoms with Gasteiger partial charge in [0.1, 0.15) is 17.2 Å². The quantitative estimate of drug-likeness (QED) is 0.664. The molecule has 0 saturated carbocycles. The van der Waals surface area contributed by atoms with Gasteiger partial charge in [-0.2, -0.15) is 0 Å². The van der Waals surface area contributed by atoms with Gasteiger partial charge < -0.3 is 15.5 Å². The third-order valence-corrected chi connectivity index (χ3v) is 6.85. The number of carbonyl (C=O) groups excluding carboxylic acids is 1. The molecule has 5 rings (SSSR count). The van der Waals surface area contributed by atoms with Gasteiger partial charge in [-0.25, -0.2) is 4.98 Å². The Kier molecular flexibility index (Phi) is 5.57. The van der Waals surface area contributed by atoms with Gasteiger partial charge in [0.15, 0.2) is 0 Å². The number of rotatable bonds is 5. The normalized spacial score (nSPS) is 19.5. The van der Waals surface area contributed by atoms with E-state index in [0.717, 1.165) is 68.3 Å². The van der Waals surface area contributed by atoms with Crippen LogP contribution in [-0.2, 0) is 13.0 Å². The molecule has 1 saturated heterocycles. The molecule has 2 aliphatic rings. The van der Waals surface area contributed by atoms with Crippen molar-refractivity contribution in [3.8, 4) is 0 Å². The lowest BCUT2D eigenvalue weighted by molar-refractivity contribution is 0.0992. The van der Waals surface area contributed by atoms with Crippen LogP contribution in [0.2, 0.25) is 0 Å². The molecule has 0 aromatic carbocycles. The summed E-state index contributed by atoms with van der Waals surface area (Å²) in [5.41, 5.74) is 10.4. The maximum absolute atomic E-state index is 12.6. The van der Waals surface area contributed by atoms with E-state index in [1.807, 2.05) is 28.8 Å². The van der Waals surface area contributed by atoms with Gasteiger partial charge in [-0.1, -0.05) is 12.1 Å². The summed E-state index contributed by atoms with van der Waals surface area (Å²) < 4.78 is 1.95. The fourth-order valence-electron chi connectivity index (χ4n) is 5.13. The number of amides is 1. The van der Waals surface area contributed by atoms with Crippen LogP contribution in [0.3, 0.4) is 0 Å². The van der Waals surface area contributed by atoms with Crippen molar-refractivity contribution >= 4 is 17.4 Å². The minimum atomic E-state index is -0.440. The highest BCUT2D eigenvalue weighted by Gasteiger charge is 2.28. The number of anilines is 1. The molecule has 1 amide bonds. The molecule has 8 heteroatoms. The highest BCUT2D eigenvalue weighted by Crippen LogP contribution is 2.33. The van der Waals surface area contributed by atoms with Crippen LogP contribution >= 0.6 is 0 Å². The summed E-state index contributed by atoms with van der Waals surface area (Å²) in [7, 11) is 4.22. The Balaban J connectivity index is 1.50. The molecule has 1 fully saturated rings. The van der Waals surface area contributed by atoms with Crippen molar-refractivity contribution in [2.24, 2.45) is 5.73 Å². The zero-order valence-electron chi connectivity index (χ0n) is 18.9. The van der Waals surface area contributed by atoms with E-state index < -0.39 is 5.91 Å². The molecule has 8 nitrogen and oxygen atoms in total. The van der Waals surface area contributed by atoms with Crippen molar-refractivity contribution in [3.05, 3.63) is 59.2 Å². The van der Waals surface area contributed by atoms with Crippen molar-refractivity contribution in [3.63, 3.8) is 0 Å². The topological polar surface area (TPSA) is 83.0 Å². The van der Waals surface area contributed by atoms with Crippen LogP contribution in [0.1, 0.15) is 46.3 Å². The molecular formula is C24H31N7O. The van der Waals surface area contributed by atoms with Gasteiger partial charge in [0.05, 0.1) is 17.4 Å². The van der Waals surface area contributed by atoms with Crippen molar-refractivity contribution in [2.75, 3.05) is 45.2 Å². The Labute approximate surface area is 188 Å². The first-order chi connectivity index (χ1) is 15.5. The average Bonchev–Trinajstić information content (AvgIpc) is 3.17. The van der Waals surface area contributed by atoms with E-state index in [1.54, 1.807) is 0 Å². The minimum Gasteiger partial charge on any atom is -0.364 e. The number of primary amides is 1. The molecule has 1 aliphatic heterocycles. The van der Waals surface area contributed by atoms with E-state index in [4.69, 9.17) is 10.7 Å². The molecule has 1 atom stereocenters. The van der Waals surface area contributed by atoms with Crippen LogP contribution in [0, 0.1) is 0 Å². The number of hydrogen-bond acceptors (Lipinski definition) is 6. The lowest BCUT2D eigenvalue weighted by Gasteiger charge is -2.34. The molecule has 168 valence electrons. The Morgan fingerprint density at radius 3 is 2.78 bits per heavy atom. The zero-order chi connectivity index (χ0) is 22.2. The molecule has 4 heterocycles. The van der Waals surface area contributed by atoms with Crippen LogP contribution in [0.25, 0.3) is 5.65 Å². The molecule has 3 aromatic rings. The third kappa shape index (κ3) is 3.73. The lowest BCUT2D eigenvalue weighted by Crippen LogP contribution is -2.45. The number of imidazole rings is 1. The second kappa shape index (κ2) is 8.52. The SMILES string of the molecule is CN1CCN(c2cccc3nc(CN(C)[C@H]4CCCc5cccnc54)c(C(N)=O)n23)CC1. The van der Waals surface area contributed by atoms with Gasteiger partial charge in [-0.3, -0.25) is 19.1 Å². The van der Waals surface area contributed by atoms with Crippen molar-refractivity contribution < 1.29 is 4.79 Å². The smallest absolute Gasteiger partial charge is 0.267 e. The first-order valence-corrected chi connectivity index (χ1v) is 11.4. The van der Waals surface area contributed by atoms with E-state index in [9.17, 15) is 4.79 Å². The van der Waals surface area contributed by atoms with E-state index >= 15 is 0 Å². The average molecular weight is 434 g/mol. The Morgan fingerprint density at radius 1 is 1.19 bits per heavy atom. The second-order valence-corrected chi connectivity index (χ2v) is 9.01. The Hall–Kier alpha value is -2.97. The van der Waals surface area contributed by atoms with Crippen molar-refractivity contribution in [2.45, 2.75) is 31.8 Å². The number of aromatic nitrogens is 3. The highest BCUT2D eigenvalue weighted by molar-refractivity contribution is 5.94. The summed E-state index contributed by atoms with van der Waals surface area (Å²) in [6.07, 6.45) is 5.12. The van der Waals surface area contributed by atoms with Crippen LogP contribution in [0.5, 0.6) is 0 Å². The fraction of sp³-hybridized carbons (Fsp3) is 0.458. The number of pyridine rings is 2. The van der Waals surface area contributed by atoms with Crippen molar-refractivity contribution in [1.82, 2.24) is 24.2 Å². The lowest BCUT2D eigenvalue weighted by atomic mass is 9.91. The predicted molar refractivity (Wildman–Crippen MR) is 125 cm³/mol. The van der Waals surface area contributed by atoms with Gasteiger partial charge in [-0.15, -0.1) is 0 Å². The fourth-order valence-corrected chi connectivity index (χ4v) is 5.13. The maximum Gasteiger partial charge on any atom is 0.267 e. The van der Waals surface area contributed by atoms with Gasteiger partial charge in [-0.05, 0) is 57.1 Å². The van der Waals surface area contributed by atoms with Crippen LogP contribution < -0.4 is 10.6 Å². The zero-order valence-corrected chi connectivity index (χ0v) is 18.9. The molecule has 0 radical (unpaired) electrons. The van der Waals surface area contributed by atoms with E-state index in [1.165, 1.54) is 5.56 Å². The summed E-state index contributed by atoms with van der Waals surface area (Å²) in [5, 5.41) is 0. The Morgan fingerprint density at radius 2 is 2.00 bits per heavy atom. The summed E-state index contributed by atoms with van der Waals surface area (Å²) in [6.45, 7) is 4.33. The van der Waals surface area contributed by atoms with E-state index in [0.29, 0.717) is 12.2 Å². The number of piperazine rings is 1. The van der Waals surface area contributed by atoms with Gasteiger partial charge in [0.25, 0.3) is 5.91 Å². The number of hydrogen-bond donors (Lipinski definition) is 1. The molecule has 3 aromatic heterocycles. The largest absolute Gasteiger partial charge is 0.364 e. The highest BCUT2D eigenvalue weighted by atomic mass is 16.1. The summed E-state index contributed by atoms with van der Waals surface area (Å²) in [6, 6.07) is 10.4. The first-order valence-electron chi connectivity index (χ1n) is 11.4. The van der Waals surface area contributed by atoms with Gasteiger partial charge in [0, 0.05) is 38.9 Å². The van der Waals surface area contributed by atoms with Crippen LogP contribution in [0.15, 0.2) is 36.5 Å². The number of nitrogens with zero attached hydrogens (tertiary/aromatic N) is 6. The van der Waals surface area contributed by atoms with Crippen LogP contribution in [0.4, 0.5) is 5.82 Å². The third-order valence-electron chi connectivity index (χ3n) is 6.85. The molecule has 0 unspecified atom stereocenters. The molecule has 2 N–H and O–H groups in total. The molecule has 32 heavy (non-hydrogen) atoms. The Bertz CT molecular complexity index is 1130. The van der Waals surface area contributed by atoms with Crippen molar-refractivity contribution in [1.29, 1.82) is 0 Å². The molecule has 1 aliphatic carbocycles. The predicted octanol–water partition coefficient (Wildman–Crippen LogP) is 2.09.